The van der Waals surface area contributed by atoms with Gasteiger partial charge in [0.1, 0.15) is 12.4 Å². The number of carbonyl (C=O) groups is 2. The van der Waals surface area contributed by atoms with Gasteiger partial charge in [-0.3, -0.25) is 9.59 Å². The van der Waals surface area contributed by atoms with Gasteiger partial charge >= 0.3 is 0 Å². The number of aliphatic hydroxyl groups is 1. The van der Waals surface area contributed by atoms with Gasteiger partial charge < -0.3 is 24.6 Å². The molecule has 0 spiro atoms. The Morgan fingerprint density at radius 1 is 1.32 bits per heavy atom. The van der Waals surface area contributed by atoms with Gasteiger partial charge in [-0.05, 0) is 11.6 Å². The number of amides is 1. The van der Waals surface area contributed by atoms with E-state index >= 15 is 0 Å². The summed E-state index contributed by atoms with van der Waals surface area (Å²) in [6, 6.07) is 12.5. The van der Waals surface area contributed by atoms with Crippen molar-refractivity contribution in [2.45, 2.75) is 12.9 Å². The van der Waals surface area contributed by atoms with Crippen LogP contribution < -0.4 is 14.8 Å². The molecule has 2 aromatic carbocycles. The lowest BCUT2D eigenvalue weighted by Crippen LogP contribution is -2.29. The Morgan fingerprint density at radius 2 is 2.08 bits per heavy atom. The van der Waals surface area contributed by atoms with E-state index in [4.69, 9.17) is 9.47 Å². The highest BCUT2D eigenvalue weighted by Crippen LogP contribution is 2.37. The average molecular weight is 343 g/mol. The minimum absolute atomic E-state index is 0.0786. The van der Waals surface area contributed by atoms with E-state index in [1.54, 1.807) is 6.07 Å². The fourth-order valence-electron chi connectivity index (χ4n) is 2.42. The molecular weight excluding hydrogens is 326 g/mol. The average Bonchev–Trinajstić information content (AvgIpc) is 2.65. The number of ketones is 1. The van der Waals surface area contributed by atoms with Crippen LogP contribution in [0.15, 0.2) is 42.5 Å². The number of hydrogen-bond acceptors (Lipinski definition) is 6. The zero-order valence-corrected chi connectivity index (χ0v) is 13.5. The molecule has 0 bridgehead atoms. The Kier molecular flexibility index (Phi) is 4.97. The molecule has 1 amide bonds. The smallest absolute Gasteiger partial charge is 0.262 e. The number of Topliss-reactive ketones (excluding diaryl/α,β-unsaturated/α-hetero) is 1. The second-order valence-corrected chi connectivity index (χ2v) is 5.41. The monoisotopic (exact) mass is 343 g/mol. The number of fused-ring (bicyclic) bond motifs is 1. The van der Waals surface area contributed by atoms with Gasteiger partial charge in [0.15, 0.2) is 12.4 Å². The normalized spacial score (nSPS) is 14.1. The second kappa shape index (κ2) is 7.33. The van der Waals surface area contributed by atoms with Gasteiger partial charge in [0.05, 0.1) is 11.3 Å². The van der Waals surface area contributed by atoms with E-state index < -0.39 is 12.1 Å². The van der Waals surface area contributed by atoms with Crippen molar-refractivity contribution >= 4 is 17.4 Å². The van der Waals surface area contributed by atoms with Crippen LogP contribution in [-0.4, -0.2) is 36.8 Å². The molecule has 7 heteroatoms. The zero-order valence-electron chi connectivity index (χ0n) is 13.5. The third kappa shape index (κ3) is 3.78. The number of benzene rings is 2. The molecule has 2 N–H and O–H groups in total. The highest BCUT2D eigenvalue weighted by molar-refractivity contribution is 6.06. The summed E-state index contributed by atoms with van der Waals surface area (Å²) in [5, 5.41) is 12.3. The first kappa shape index (κ1) is 16.9. The van der Waals surface area contributed by atoms with Crippen molar-refractivity contribution in [3.8, 4) is 11.5 Å². The van der Waals surface area contributed by atoms with Gasteiger partial charge in [-0.2, -0.15) is 0 Å². The summed E-state index contributed by atoms with van der Waals surface area (Å²) >= 11 is 0. The summed E-state index contributed by atoms with van der Waals surface area (Å²) in [5.41, 5.74) is 1.34. The molecule has 1 atom stereocenters. The molecule has 2 aromatic rings. The maximum atomic E-state index is 12.3. The molecule has 0 radical (unpaired) electrons. The number of carbonyl (C=O) groups excluding carboxylic acids is 2. The van der Waals surface area contributed by atoms with E-state index in [0.717, 1.165) is 5.56 Å². The van der Waals surface area contributed by atoms with Gasteiger partial charge in [-0.15, -0.1) is 0 Å². The van der Waals surface area contributed by atoms with E-state index in [-0.39, 0.29) is 30.4 Å². The maximum absolute atomic E-state index is 12.3. The third-order valence-corrected chi connectivity index (χ3v) is 3.65. The van der Waals surface area contributed by atoms with Gasteiger partial charge in [0.2, 0.25) is 12.1 Å². The summed E-state index contributed by atoms with van der Waals surface area (Å²) in [7, 11) is 1.22. The third-order valence-electron chi connectivity index (χ3n) is 3.65. The van der Waals surface area contributed by atoms with Crippen LogP contribution in [0.25, 0.3) is 0 Å². The summed E-state index contributed by atoms with van der Waals surface area (Å²) in [6.45, 7) is 0.0788. The summed E-state index contributed by atoms with van der Waals surface area (Å²) in [5.74, 6) is -0.466. The van der Waals surface area contributed by atoms with Crippen molar-refractivity contribution in [1.82, 2.24) is 0 Å². The van der Waals surface area contributed by atoms with E-state index in [1.165, 1.54) is 13.2 Å². The van der Waals surface area contributed by atoms with Crippen LogP contribution in [0.3, 0.4) is 0 Å². The number of anilines is 1. The molecular formula is C18H17NO6. The van der Waals surface area contributed by atoms with Crippen molar-refractivity contribution in [2.24, 2.45) is 0 Å². The molecule has 0 fully saturated rings. The van der Waals surface area contributed by atoms with Crippen LogP contribution in [-0.2, 0) is 16.1 Å². The van der Waals surface area contributed by atoms with Crippen LogP contribution in [0.4, 0.5) is 5.69 Å². The lowest BCUT2D eigenvalue weighted by molar-refractivity contribution is -0.118. The van der Waals surface area contributed by atoms with E-state index in [2.05, 4.69) is 10.1 Å². The number of hydrogen-bond donors (Lipinski definition) is 2. The Bertz CT molecular complexity index is 790. The Hall–Kier alpha value is -2.90. The maximum Gasteiger partial charge on any atom is 0.262 e. The standard InChI is InChI=1S/C18H17NO6/c1-23-18(22)16(21)13-7-12(24-9-11-5-3-2-4-6-11)8-14-17(13)25-10-15(20)19-14/h2-8,18,22H,9-10H2,1H3,(H,19,20). The van der Waals surface area contributed by atoms with Gasteiger partial charge in [0, 0.05) is 13.2 Å². The van der Waals surface area contributed by atoms with E-state index in [1.807, 2.05) is 30.3 Å². The SMILES string of the molecule is COC(O)C(=O)c1cc(OCc2ccccc2)cc2c1OCC(=O)N2. The molecule has 0 saturated carbocycles. The lowest BCUT2D eigenvalue weighted by Gasteiger charge is -2.22. The number of aliphatic hydroxyl groups excluding tert-OH is 1. The van der Waals surface area contributed by atoms with E-state index in [9.17, 15) is 14.7 Å². The van der Waals surface area contributed by atoms with E-state index in [0.29, 0.717) is 11.4 Å². The first-order valence-corrected chi connectivity index (χ1v) is 7.61. The number of ether oxygens (including phenoxy) is 3. The van der Waals surface area contributed by atoms with Crippen molar-refractivity contribution in [3.05, 3.63) is 53.6 Å². The van der Waals surface area contributed by atoms with Gasteiger partial charge in [0.25, 0.3) is 5.91 Å². The predicted molar refractivity (Wildman–Crippen MR) is 88.7 cm³/mol. The first-order chi connectivity index (χ1) is 12.1. The fraction of sp³-hybridized carbons (Fsp3) is 0.222. The largest absolute Gasteiger partial charge is 0.489 e. The molecule has 0 saturated heterocycles. The minimum atomic E-state index is -1.63. The van der Waals surface area contributed by atoms with Crippen LogP contribution >= 0.6 is 0 Å². The molecule has 1 heterocycles. The molecule has 3 rings (SSSR count). The highest BCUT2D eigenvalue weighted by atomic mass is 16.6. The lowest BCUT2D eigenvalue weighted by atomic mass is 10.1. The molecule has 1 aliphatic heterocycles. The topological polar surface area (TPSA) is 94.1 Å². The van der Waals surface area contributed by atoms with Crippen LogP contribution in [0.1, 0.15) is 15.9 Å². The Labute approximate surface area is 144 Å². The fourth-order valence-corrected chi connectivity index (χ4v) is 2.42. The summed E-state index contributed by atoms with van der Waals surface area (Å²) in [6.07, 6.45) is -1.63. The van der Waals surface area contributed by atoms with Crippen molar-refractivity contribution in [2.75, 3.05) is 19.0 Å². The van der Waals surface area contributed by atoms with Crippen molar-refractivity contribution in [1.29, 1.82) is 0 Å². The Morgan fingerprint density at radius 3 is 2.80 bits per heavy atom. The molecule has 25 heavy (non-hydrogen) atoms. The van der Waals surface area contributed by atoms with Gasteiger partial charge in [-0.1, -0.05) is 30.3 Å². The number of methoxy groups -OCH3 is 1. The molecule has 1 unspecified atom stereocenters. The summed E-state index contributed by atoms with van der Waals surface area (Å²) in [4.78, 5) is 23.9. The molecule has 0 aliphatic carbocycles. The van der Waals surface area contributed by atoms with Crippen LogP contribution in [0.2, 0.25) is 0 Å². The van der Waals surface area contributed by atoms with Crippen molar-refractivity contribution in [3.63, 3.8) is 0 Å². The highest BCUT2D eigenvalue weighted by Gasteiger charge is 2.27. The quantitative estimate of drug-likeness (QED) is 0.613. The second-order valence-electron chi connectivity index (χ2n) is 5.41. The number of rotatable bonds is 6. The molecule has 0 aromatic heterocycles. The molecule has 130 valence electrons. The van der Waals surface area contributed by atoms with Crippen LogP contribution in [0, 0.1) is 0 Å². The molecule has 1 aliphatic rings. The minimum Gasteiger partial charge on any atom is -0.489 e. The predicted octanol–water partition coefficient (Wildman–Crippen LogP) is 1.74. The molecule has 7 nitrogen and oxygen atoms in total. The van der Waals surface area contributed by atoms with Gasteiger partial charge in [-0.25, -0.2) is 0 Å². The first-order valence-electron chi connectivity index (χ1n) is 7.61. The zero-order chi connectivity index (χ0) is 17.8. The number of nitrogens with one attached hydrogen (secondary N) is 1. The van der Waals surface area contributed by atoms with Crippen LogP contribution in [0.5, 0.6) is 11.5 Å². The summed E-state index contributed by atoms with van der Waals surface area (Å²) < 4.78 is 15.7. The van der Waals surface area contributed by atoms with Crippen molar-refractivity contribution < 1.29 is 28.9 Å². The Balaban J connectivity index is 1.92.